The van der Waals surface area contributed by atoms with Crippen LogP contribution in [0.4, 0.5) is 0 Å². The third-order valence-electron chi connectivity index (χ3n) is 2.49. The van der Waals surface area contributed by atoms with Gasteiger partial charge in [-0.2, -0.15) is 0 Å². The van der Waals surface area contributed by atoms with Gasteiger partial charge in [-0.15, -0.1) is 5.79 Å². The lowest BCUT2D eigenvalue weighted by atomic mass is 10.4. The lowest BCUT2D eigenvalue weighted by molar-refractivity contribution is 0.109. The van der Waals surface area contributed by atoms with E-state index in [0.717, 1.165) is 26.3 Å². The van der Waals surface area contributed by atoms with E-state index in [9.17, 15) is 0 Å². The zero-order chi connectivity index (χ0) is 8.65. The molecule has 12 heavy (non-hydrogen) atoms. The van der Waals surface area contributed by atoms with Gasteiger partial charge >= 0.3 is 0 Å². The maximum atomic E-state index is 5.01. The number of hydrogen-bond acceptors (Lipinski definition) is 2. The molecule has 2 saturated heterocycles. The average molecular weight is 185 g/mol. The van der Waals surface area contributed by atoms with Gasteiger partial charge in [-0.25, -0.2) is 0 Å². The number of rotatable bonds is 0. The van der Waals surface area contributed by atoms with Crippen molar-refractivity contribution in [3.63, 3.8) is 0 Å². The number of morpholine rings is 1. The summed E-state index contributed by atoms with van der Waals surface area (Å²) >= 11 is -0.0494. The van der Waals surface area contributed by atoms with Gasteiger partial charge in [-0.05, 0) is 0 Å². The van der Waals surface area contributed by atoms with Crippen molar-refractivity contribution in [1.29, 1.82) is 0 Å². The molecule has 2 rings (SSSR count). The zero-order valence-corrected chi connectivity index (χ0v) is 9.30. The van der Waals surface area contributed by atoms with Gasteiger partial charge in [0.05, 0.1) is 13.2 Å². The molecular formula is C9H20AlNO. The lowest BCUT2D eigenvalue weighted by Crippen LogP contribution is -2.30. The van der Waals surface area contributed by atoms with Crippen LogP contribution in [0, 0.1) is 0 Å². The first-order valence-electron chi connectivity index (χ1n) is 5.18. The number of ether oxygens (including phenoxy) is 1. The van der Waals surface area contributed by atoms with Gasteiger partial charge in [0.15, 0.2) is 0 Å². The Morgan fingerprint density at radius 1 is 1.08 bits per heavy atom. The minimum absolute atomic E-state index is 0.0494. The van der Waals surface area contributed by atoms with E-state index in [1.165, 1.54) is 0 Å². The minimum atomic E-state index is -0.0494. The van der Waals surface area contributed by atoms with E-state index in [1.54, 1.807) is 23.4 Å². The lowest BCUT2D eigenvalue weighted by Gasteiger charge is -2.10. The molecule has 0 amide bonds. The molecule has 2 heterocycles. The van der Waals surface area contributed by atoms with Gasteiger partial charge in [-0.3, -0.25) is 0 Å². The van der Waals surface area contributed by atoms with E-state index in [0.29, 0.717) is 0 Å². The summed E-state index contributed by atoms with van der Waals surface area (Å²) in [6.45, 7) is 3.83. The van der Waals surface area contributed by atoms with Crippen LogP contribution in [0.3, 0.4) is 0 Å². The molecule has 70 valence electrons. The number of nitrogens with one attached hydrogen (secondary N) is 1. The highest BCUT2D eigenvalue weighted by Crippen LogP contribution is 2.17. The summed E-state index contributed by atoms with van der Waals surface area (Å²) in [6, 6.07) is 0. The van der Waals surface area contributed by atoms with Crippen LogP contribution in [-0.4, -0.2) is 40.5 Å². The molecule has 1 N–H and O–H groups in total. The van der Waals surface area contributed by atoms with Crippen molar-refractivity contribution < 1.29 is 4.74 Å². The Bertz CT molecular complexity index is 89.2. The molecule has 0 aromatic heterocycles. The molecule has 0 spiro atoms. The molecule has 0 unspecified atom stereocenters. The van der Waals surface area contributed by atoms with E-state index in [4.69, 9.17) is 4.74 Å². The van der Waals surface area contributed by atoms with Crippen molar-refractivity contribution >= 4 is 14.1 Å². The van der Waals surface area contributed by atoms with E-state index in [2.05, 4.69) is 11.1 Å². The fraction of sp³-hybridized carbons (Fsp3) is 1.00. The van der Waals surface area contributed by atoms with Crippen molar-refractivity contribution in [3.8, 4) is 0 Å². The first-order chi connectivity index (χ1) is 5.89. The van der Waals surface area contributed by atoms with Gasteiger partial charge in [-0.1, -0.05) is 23.4 Å². The van der Waals surface area contributed by atoms with Crippen LogP contribution in [0.1, 0.15) is 12.8 Å². The first kappa shape index (κ1) is 10.5. The Morgan fingerprint density at radius 2 is 1.67 bits per heavy atom. The molecule has 0 aromatic carbocycles. The van der Waals surface area contributed by atoms with Crippen LogP contribution >= 0.6 is 0 Å². The van der Waals surface area contributed by atoms with Gasteiger partial charge in [0, 0.05) is 13.1 Å². The highest BCUT2D eigenvalue weighted by Gasteiger charge is 2.14. The van der Waals surface area contributed by atoms with Crippen LogP contribution in [0.25, 0.3) is 0 Å². The van der Waals surface area contributed by atoms with Gasteiger partial charge in [0.2, 0.25) is 0 Å². The Morgan fingerprint density at radius 3 is 1.83 bits per heavy atom. The highest BCUT2D eigenvalue weighted by atomic mass is 27.2. The van der Waals surface area contributed by atoms with E-state index in [-0.39, 0.29) is 14.1 Å². The molecule has 2 aliphatic rings. The summed E-state index contributed by atoms with van der Waals surface area (Å²) in [5, 5.41) is 6.41. The Kier molecular flexibility index (Phi) is 6.07. The quantitative estimate of drug-likeness (QED) is 0.578. The van der Waals surface area contributed by atoms with Crippen LogP contribution in [0.5, 0.6) is 0 Å². The SMILES string of the molecule is C1COCCN1.[CH3][Al]1[CH2]CC[CH2]1. The van der Waals surface area contributed by atoms with Crippen LogP contribution in [0.15, 0.2) is 0 Å². The van der Waals surface area contributed by atoms with Crippen molar-refractivity contribution in [2.75, 3.05) is 26.3 Å². The molecule has 2 nitrogen and oxygen atoms in total. The van der Waals surface area contributed by atoms with Crippen LogP contribution in [-0.2, 0) is 4.74 Å². The monoisotopic (exact) mass is 185 g/mol. The standard InChI is InChI=1S/C4H9NO.C4H8.CH3.Al/c1-3-6-4-2-5-1;1-3-4-2;;/h5H,1-4H2;1-4H2;1H3;. The molecular weight excluding hydrogens is 165 g/mol. The third-order valence-corrected chi connectivity index (χ3v) is 5.28. The first-order valence-corrected chi connectivity index (χ1v) is 7.97. The normalized spacial score (nSPS) is 23.2. The summed E-state index contributed by atoms with van der Waals surface area (Å²) in [7, 11) is 0. The predicted octanol–water partition coefficient (Wildman–Crippen LogP) is 1.51. The predicted molar refractivity (Wildman–Crippen MR) is 54.2 cm³/mol. The average Bonchev–Trinajstić information content (AvgIpc) is 2.60. The summed E-state index contributed by atoms with van der Waals surface area (Å²) in [5.41, 5.74) is 0. The molecule has 0 aliphatic carbocycles. The maximum absolute atomic E-state index is 5.01. The van der Waals surface area contributed by atoms with E-state index >= 15 is 0 Å². The van der Waals surface area contributed by atoms with Crippen LogP contribution < -0.4 is 5.32 Å². The van der Waals surface area contributed by atoms with Crippen molar-refractivity contribution in [1.82, 2.24) is 5.32 Å². The Balaban J connectivity index is 0.000000120. The molecule has 0 bridgehead atoms. The fourth-order valence-corrected chi connectivity index (χ4v) is 3.91. The highest BCUT2D eigenvalue weighted by molar-refractivity contribution is 6.57. The Hall–Kier alpha value is 0.452. The van der Waals surface area contributed by atoms with Crippen LogP contribution in [0.2, 0.25) is 16.4 Å². The van der Waals surface area contributed by atoms with E-state index in [1.807, 2.05) is 0 Å². The molecule has 0 radical (unpaired) electrons. The van der Waals surface area contributed by atoms with Gasteiger partial charge < -0.3 is 10.1 Å². The molecule has 2 fully saturated rings. The summed E-state index contributed by atoms with van der Waals surface area (Å²) < 4.78 is 5.01. The minimum Gasteiger partial charge on any atom is -0.379 e. The van der Waals surface area contributed by atoms with E-state index < -0.39 is 0 Å². The zero-order valence-electron chi connectivity index (χ0n) is 8.14. The second kappa shape index (κ2) is 6.91. The summed E-state index contributed by atoms with van der Waals surface area (Å²) in [5.74, 6) is 2.48. The molecule has 3 heteroatoms. The summed E-state index contributed by atoms with van der Waals surface area (Å²) in [6.07, 6.45) is 3.10. The third kappa shape index (κ3) is 5.16. The number of hydrogen-bond donors (Lipinski definition) is 1. The topological polar surface area (TPSA) is 21.3 Å². The fourth-order valence-electron chi connectivity index (χ4n) is 1.65. The molecule has 0 saturated carbocycles. The smallest absolute Gasteiger partial charge is 0.258 e. The Labute approximate surface area is 80.1 Å². The largest absolute Gasteiger partial charge is 0.379 e. The molecule has 2 aliphatic heterocycles. The molecule has 0 atom stereocenters. The summed E-state index contributed by atoms with van der Waals surface area (Å²) in [4.78, 5) is 0. The van der Waals surface area contributed by atoms with Crippen molar-refractivity contribution in [2.24, 2.45) is 0 Å². The van der Waals surface area contributed by atoms with Crippen molar-refractivity contribution in [2.45, 2.75) is 29.2 Å². The van der Waals surface area contributed by atoms with Gasteiger partial charge in [0.1, 0.15) is 0 Å². The second-order valence-electron chi connectivity index (χ2n) is 3.75. The second-order valence-corrected chi connectivity index (χ2v) is 7.12. The maximum Gasteiger partial charge on any atom is 0.258 e. The van der Waals surface area contributed by atoms with Gasteiger partial charge in [0.25, 0.3) is 14.1 Å². The van der Waals surface area contributed by atoms with Crippen molar-refractivity contribution in [3.05, 3.63) is 0 Å². The molecule has 0 aromatic rings.